The van der Waals surface area contributed by atoms with E-state index in [1.807, 2.05) is 24.3 Å². The molecule has 2 amide bonds. The quantitative estimate of drug-likeness (QED) is 0.729. The van der Waals surface area contributed by atoms with E-state index in [9.17, 15) is 13.2 Å². The summed E-state index contributed by atoms with van der Waals surface area (Å²) in [7, 11) is -3.68. The molecule has 2 aromatic carbocycles. The topological polar surface area (TPSA) is 111 Å². The molecule has 3 rings (SSSR count). The fourth-order valence-corrected chi connectivity index (χ4v) is 3.34. The Bertz CT molecular complexity index is 882. The van der Waals surface area contributed by atoms with Gasteiger partial charge in [0.1, 0.15) is 12.4 Å². The van der Waals surface area contributed by atoms with E-state index >= 15 is 0 Å². The van der Waals surface area contributed by atoms with Crippen LogP contribution in [0.2, 0.25) is 0 Å². The minimum Gasteiger partial charge on any atom is -0.491 e. The summed E-state index contributed by atoms with van der Waals surface area (Å²) < 4.78 is 28.1. The first-order valence-electron chi connectivity index (χ1n) is 8.28. The van der Waals surface area contributed by atoms with Crippen LogP contribution in [0.3, 0.4) is 0 Å². The Kier molecular flexibility index (Phi) is 5.43. The summed E-state index contributed by atoms with van der Waals surface area (Å²) in [5.41, 5.74) is 1.99. The number of rotatable bonds is 5. The standard InChI is InChI=1S/C18H21N3O4S/c19-26(23,24)16-7-5-13(6-8-16)9-10-20-18(22)21-15-11-14-3-1-2-4-17(14)25-12-15/h1-8,15H,9-12H2,(H2,19,23,24)(H2,20,21,22). The van der Waals surface area contributed by atoms with Crippen molar-refractivity contribution in [3.05, 3.63) is 59.7 Å². The summed E-state index contributed by atoms with van der Waals surface area (Å²) in [4.78, 5) is 12.1. The highest BCUT2D eigenvalue weighted by atomic mass is 32.2. The number of carbonyl (C=O) groups excluding carboxylic acids is 1. The van der Waals surface area contributed by atoms with Gasteiger partial charge in [0.25, 0.3) is 0 Å². The predicted molar refractivity (Wildman–Crippen MR) is 97.5 cm³/mol. The average Bonchev–Trinajstić information content (AvgIpc) is 2.61. The highest BCUT2D eigenvalue weighted by Gasteiger charge is 2.20. The van der Waals surface area contributed by atoms with Crippen LogP contribution in [0.15, 0.2) is 53.4 Å². The van der Waals surface area contributed by atoms with Crippen LogP contribution in [0.1, 0.15) is 11.1 Å². The van der Waals surface area contributed by atoms with Crippen LogP contribution >= 0.6 is 0 Å². The molecule has 0 fully saturated rings. The molecule has 7 nitrogen and oxygen atoms in total. The van der Waals surface area contributed by atoms with Gasteiger partial charge in [-0.05, 0) is 42.2 Å². The molecule has 1 unspecified atom stereocenters. The molecule has 1 heterocycles. The van der Waals surface area contributed by atoms with Crippen molar-refractivity contribution in [1.82, 2.24) is 10.6 Å². The summed E-state index contributed by atoms with van der Waals surface area (Å²) in [5.74, 6) is 0.869. The van der Waals surface area contributed by atoms with E-state index in [1.54, 1.807) is 12.1 Å². The van der Waals surface area contributed by atoms with Crippen LogP contribution in [0.5, 0.6) is 5.75 Å². The Labute approximate surface area is 152 Å². The van der Waals surface area contributed by atoms with Gasteiger partial charge in [-0.3, -0.25) is 0 Å². The van der Waals surface area contributed by atoms with E-state index in [2.05, 4.69) is 10.6 Å². The molecule has 26 heavy (non-hydrogen) atoms. The monoisotopic (exact) mass is 375 g/mol. The van der Waals surface area contributed by atoms with Gasteiger partial charge in [-0.15, -0.1) is 0 Å². The van der Waals surface area contributed by atoms with Gasteiger partial charge in [-0.2, -0.15) is 0 Å². The van der Waals surface area contributed by atoms with E-state index in [0.717, 1.165) is 23.3 Å². The molecule has 0 radical (unpaired) electrons. The molecule has 138 valence electrons. The van der Waals surface area contributed by atoms with Crippen molar-refractivity contribution in [3.63, 3.8) is 0 Å². The SMILES string of the molecule is NS(=O)(=O)c1ccc(CCNC(=O)NC2COc3ccccc3C2)cc1. The van der Waals surface area contributed by atoms with Crippen molar-refractivity contribution in [2.75, 3.05) is 13.2 Å². The number of nitrogens with one attached hydrogen (secondary N) is 2. The molecule has 1 atom stereocenters. The molecular weight excluding hydrogens is 354 g/mol. The van der Waals surface area contributed by atoms with Gasteiger partial charge < -0.3 is 15.4 Å². The van der Waals surface area contributed by atoms with Crippen LogP contribution in [0.4, 0.5) is 4.79 Å². The number of ether oxygens (including phenoxy) is 1. The molecule has 0 aliphatic carbocycles. The van der Waals surface area contributed by atoms with E-state index in [4.69, 9.17) is 9.88 Å². The van der Waals surface area contributed by atoms with Crippen LogP contribution in [-0.4, -0.2) is 33.6 Å². The van der Waals surface area contributed by atoms with Crippen molar-refractivity contribution in [3.8, 4) is 5.75 Å². The third-order valence-corrected chi connectivity index (χ3v) is 5.09. The first-order valence-corrected chi connectivity index (χ1v) is 9.83. The van der Waals surface area contributed by atoms with Crippen LogP contribution in [0.25, 0.3) is 0 Å². The first-order chi connectivity index (χ1) is 12.4. The summed E-state index contributed by atoms with van der Waals surface area (Å²) in [5, 5.41) is 10.8. The van der Waals surface area contributed by atoms with Gasteiger partial charge in [0.15, 0.2) is 0 Å². The van der Waals surface area contributed by atoms with Crippen LogP contribution in [0, 0.1) is 0 Å². The lowest BCUT2D eigenvalue weighted by Gasteiger charge is -2.26. The zero-order valence-electron chi connectivity index (χ0n) is 14.1. The fourth-order valence-electron chi connectivity index (χ4n) is 2.82. The second kappa shape index (κ2) is 7.76. The Balaban J connectivity index is 1.43. The maximum absolute atomic E-state index is 12.0. The third kappa shape index (κ3) is 4.74. The largest absolute Gasteiger partial charge is 0.491 e. The highest BCUT2D eigenvalue weighted by Crippen LogP contribution is 2.23. The van der Waals surface area contributed by atoms with Crippen LogP contribution < -0.4 is 20.5 Å². The summed E-state index contributed by atoms with van der Waals surface area (Å²) in [6.45, 7) is 0.879. The lowest BCUT2D eigenvalue weighted by molar-refractivity contribution is 0.214. The minimum atomic E-state index is -3.68. The van der Waals surface area contributed by atoms with Gasteiger partial charge >= 0.3 is 6.03 Å². The number of para-hydroxylation sites is 1. The lowest BCUT2D eigenvalue weighted by Crippen LogP contribution is -2.47. The van der Waals surface area contributed by atoms with Crippen LogP contribution in [-0.2, 0) is 22.9 Å². The fraction of sp³-hybridized carbons (Fsp3) is 0.278. The molecule has 0 spiro atoms. The Morgan fingerprint density at radius 2 is 1.88 bits per heavy atom. The molecule has 8 heteroatoms. The molecule has 0 saturated heterocycles. The average molecular weight is 375 g/mol. The van der Waals surface area contributed by atoms with Crippen molar-refractivity contribution in [2.24, 2.45) is 5.14 Å². The number of benzene rings is 2. The molecule has 4 N–H and O–H groups in total. The summed E-state index contributed by atoms with van der Waals surface area (Å²) in [6, 6.07) is 13.8. The predicted octanol–water partition coefficient (Wildman–Crippen LogP) is 1.18. The van der Waals surface area contributed by atoms with Crippen molar-refractivity contribution >= 4 is 16.1 Å². The number of urea groups is 1. The number of hydrogen-bond donors (Lipinski definition) is 3. The molecule has 1 aliphatic heterocycles. The van der Waals surface area contributed by atoms with Crippen molar-refractivity contribution in [2.45, 2.75) is 23.8 Å². The highest BCUT2D eigenvalue weighted by molar-refractivity contribution is 7.89. The van der Waals surface area contributed by atoms with E-state index in [1.165, 1.54) is 12.1 Å². The second-order valence-electron chi connectivity index (χ2n) is 6.16. The maximum atomic E-state index is 12.0. The first kappa shape index (κ1) is 18.2. The molecule has 0 aromatic heterocycles. The number of primary sulfonamides is 1. The normalized spacial score (nSPS) is 16.3. The van der Waals surface area contributed by atoms with Gasteiger partial charge in [0.2, 0.25) is 10.0 Å². The number of nitrogens with two attached hydrogens (primary N) is 1. The van der Waals surface area contributed by atoms with E-state index < -0.39 is 10.0 Å². The summed E-state index contributed by atoms with van der Waals surface area (Å²) >= 11 is 0. The Hall–Kier alpha value is -2.58. The molecule has 1 aliphatic rings. The second-order valence-corrected chi connectivity index (χ2v) is 7.72. The molecular formula is C18H21N3O4S. The molecule has 0 bridgehead atoms. The Morgan fingerprint density at radius 1 is 1.15 bits per heavy atom. The van der Waals surface area contributed by atoms with E-state index in [0.29, 0.717) is 19.6 Å². The third-order valence-electron chi connectivity index (χ3n) is 4.17. The van der Waals surface area contributed by atoms with Crippen molar-refractivity contribution in [1.29, 1.82) is 0 Å². The van der Waals surface area contributed by atoms with Gasteiger partial charge in [-0.1, -0.05) is 30.3 Å². The van der Waals surface area contributed by atoms with Gasteiger partial charge in [0.05, 0.1) is 10.9 Å². The maximum Gasteiger partial charge on any atom is 0.315 e. The molecule has 0 saturated carbocycles. The van der Waals surface area contributed by atoms with Crippen molar-refractivity contribution < 1.29 is 17.9 Å². The van der Waals surface area contributed by atoms with Gasteiger partial charge in [-0.25, -0.2) is 18.4 Å². The zero-order chi connectivity index (χ0) is 18.6. The Morgan fingerprint density at radius 3 is 2.62 bits per heavy atom. The number of carbonyl (C=O) groups is 1. The number of fused-ring (bicyclic) bond motifs is 1. The zero-order valence-corrected chi connectivity index (χ0v) is 15.0. The summed E-state index contributed by atoms with van der Waals surface area (Å²) in [6.07, 6.45) is 1.32. The smallest absolute Gasteiger partial charge is 0.315 e. The number of amides is 2. The minimum absolute atomic E-state index is 0.0704. The lowest BCUT2D eigenvalue weighted by atomic mass is 10.0. The number of hydrogen-bond acceptors (Lipinski definition) is 4. The molecule has 2 aromatic rings. The van der Waals surface area contributed by atoms with E-state index in [-0.39, 0.29) is 17.0 Å². The number of sulfonamides is 1. The van der Waals surface area contributed by atoms with Gasteiger partial charge in [0, 0.05) is 6.54 Å².